The van der Waals surface area contributed by atoms with Crippen molar-refractivity contribution in [1.82, 2.24) is 0 Å². The van der Waals surface area contributed by atoms with E-state index in [4.69, 9.17) is 9.84 Å². The zero-order valence-corrected chi connectivity index (χ0v) is 10.00. The Balaban J connectivity index is 3.53. The quantitative estimate of drug-likeness (QED) is 0.571. The van der Waals surface area contributed by atoms with Crippen LogP contribution < -0.4 is 0 Å². The molecule has 0 aromatic carbocycles. The Morgan fingerprint density at radius 1 is 1.20 bits per heavy atom. The van der Waals surface area contributed by atoms with Crippen molar-refractivity contribution in [2.24, 2.45) is 5.92 Å². The minimum absolute atomic E-state index is 0.147. The smallest absolute Gasteiger partial charge is 0.306 e. The van der Waals surface area contributed by atoms with E-state index in [0.717, 1.165) is 51.7 Å². The van der Waals surface area contributed by atoms with Crippen LogP contribution in [-0.4, -0.2) is 24.3 Å². The van der Waals surface area contributed by atoms with Crippen molar-refractivity contribution >= 4 is 5.97 Å². The average molecular weight is 216 g/mol. The van der Waals surface area contributed by atoms with Crippen LogP contribution in [0.3, 0.4) is 0 Å². The Labute approximate surface area is 92.8 Å². The molecule has 0 aliphatic carbocycles. The van der Waals surface area contributed by atoms with Crippen LogP contribution >= 0.6 is 0 Å². The highest BCUT2D eigenvalue weighted by Crippen LogP contribution is 2.16. The first-order chi connectivity index (χ1) is 7.22. The molecule has 0 aliphatic rings. The van der Waals surface area contributed by atoms with Gasteiger partial charge in [0, 0.05) is 13.2 Å². The van der Waals surface area contributed by atoms with Crippen molar-refractivity contribution in [1.29, 1.82) is 0 Å². The molecule has 0 saturated carbocycles. The Bertz CT molecular complexity index is 157. The predicted molar refractivity (Wildman–Crippen MR) is 61.0 cm³/mol. The minimum Gasteiger partial charge on any atom is -0.481 e. The lowest BCUT2D eigenvalue weighted by molar-refractivity contribution is -0.142. The molecule has 0 amide bonds. The van der Waals surface area contributed by atoms with Crippen LogP contribution in [0.1, 0.15) is 52.4 Å². The Hall–Kier alpha value is -0.570. The van der Waals surface area contributed by atoms with Crippen LogP contribution in [0, 0.1) is 5.92 Å². The summed E-state index contributed by atoms with van der Waals surface area (Å²) < 4.78 is 5.21. The number of carboxylic acids is 1. The molecule has 0 spiro atoms. The van der Waals surface area contributed by atoms with E-state index in [1.54, 1.807) is 0 Å². The van der Waals surface area contributed by atoms with Gasteiger partial charge in [-0.2, -0.15) is 0 Å². The first kappa shape index (κ1) is 14.4. The molecule has 0 fully saturated rings. The molecule has 0 aromatic rings. The molecule has 3 heteroatoms. The maximum absolute atomic E-state index is 10.9. The highest BCUT2D eigenvalue weighted by molar-refractivity contribution is 5.69. The molecule has 1 N–H and O–H groups in total. The molecule has 15 heavy (non-hydrogen) atoms. The summed E-state index contributed by atoms with van der Waals surface area (Å²) in [5, 5.41) is 8.97. The summed E-state index contributed by atoms with van der Waals surface area (Å²) in [7, 11) is 0. The third-order valence-electron chi connectivity index (χ3n) is 2.55. The second-order valence-electron chi connectivity index (χ2n) is 3.87. The molecule has 3 nitrogen and oxygen atoms in total. The fourth-order valence-corrected chi connectivity index (χ4v) is 1.58. The van der Waals surface area contributed by atoms with Gasteiger partial charge < -0.3 is 9.84 Å². The van der Waals surface area contributed by atoms with E-state index >= 15 is 0 Å². The van der Waals surface area contributed by atoms with Gasteiger partial charge in [0.25, 0.3) is 0 Å². The molecular formula is C12H24O3. The van der Waals surface area contributed by atoms with Gasteiger partial charge in [0.15, 0.2) is 0 Å². The number of hydrogen-bond acceptors (Lipinski definition) is 2. The normalized spacial score (nSPS) is 12.7. The average Bonchev–Trinajstić information content (AvgIpc) is 2.21. The largest absolute Gasteiger partial charge is 0.481 e. The Morgan fingerprint density at radius 2 is 1.87 bits per heavy atom. The molecule has 1 unspecified atom stereocenters. The van der Waals surface area contributed by atoms with E-state index in [2.05, 4.69) is 6.92 Å². The van der Waals surface area contributed by atoms with Crippen molar-refractivity contribution in [3.8, 4) is 0 Å². The number of rotatable bonds is 10. The standard InChI is InChI=1S/C12H24O3/c1-3-5-8-11(12(13)14)9-6-7-10-15-4-2/h11H,3-10H2,1-2H3,(H,13,14). The van der Waals surface area contributed by atoms with Crippen molar-refractivity contribution in [2.75, 3.05) is 13.2 Å². The number of unbranched alkanes of at least 4 members (excludes halogenated alkanes) is 2. The van der Waals surface area contributed by atoms with Crippen LogP contribution in [0.2, 0.25) is 0 Å². The van der Waals surface area contributed by atoms with Gasteiger partial charge in [-0.3, -0.25) is 4.79 Å². The van der Waals surface area contributed by atoms with Gasteiger partial charge in [0.2, 0.25) is 0 Å². The summed E-state index contributed by atoms with van der Waals surface area (Å²) in [6.07, 6.45) is 5.64. The van der Waals surface area contributed by atoms with Gasteiger partial charge >= 0.3 is 5.97 Å². The third kappa shape index (κ3) is 8.43. The molecule has 0 saturated heterocycles. The molecule has 0 radical (unpaired) electrons. The summed E-state index contributed by atoms with van der Waals surface area (Å²) in [6, 6.07) is 0. The second-order valence-corrected chi connectivity index (χ2v) is 3.87. The number of ether oxygens (including phenoxy) is 1. The second kappa shape index (κ2) is 9.97. The number of hydrogen-bond donors (Lipinski definition) is 1. The van der Waals surface area contributed by atoms with E-state index in [-0.39, 0.29) is 5.92 Å². The molecule has 1 atom stereocenters. The monoisotopic (exact) mass is 216 g/mol. The van der Waals surface area contributed by atoms with Crippen molar-refractivity contribution in [2.45, 2.75) is 52.4 Å². The predicted octanol–water partition coefficient (Wildman–Crippen LogP) is 3.08. The lowest BCUT2D eigenvalue weighted by Gasteiger charge is -2.11. The molecule has 0 heterocycles. The summed E-state index contributed by atoms with van der Waals surface area (Å²) in [5.74, 6) is -0.786. The third-order valence-corrected chi connectivity index (χ3v) is 2.55. The summed E-state index contributed by atoms with van der Waals surface area (Å²) >= 11 is 0. The van der Waals surface area contributed by atoms with E-state index in [0.29, 0.717) is 0 Å². The van der Waals surface area contributed by atoms with Crippen LogP contribution in [0.5, 0.6) is 0 Å². The van der Waals surface area contributed by atoms with Gasteiger partial charge in [-0.15, -0.1) is 0 Å². The fraction of sp³-hybridized carbons (Fsp3) is 0.917. The van der Waals surface area contributed by atoms with Gasteiger partial charge in [-0.1, -0.05) is 26.2 Å². The molecular weight excluding hydrogens is 192 g/mol. The lowest BCUT2D eigenvalue weighted by atomic mass is 9.96. The Kier molecular flexibility index (Phi) is 9.59. The van der Waals surface area contributed by atoms with Crippen LogP contribution in [0.25, 0.3) is 0 Å². The molecule has 0 aromatic heterocycles. The first-order valence-corrected chi connectivity index (χ1v) is 6.02. The highest BCUT2D eigenvalue weighted by Gasteiger charge is 2.15. The van der Waals surface area contributed by atoms with E-state index < -0.39 is 5.97 Å². The SMILES string of the molecule is CCCCC(CCCCOCC)C(=O)O. The van der Waals surface area contributed by atoms with E-state index in [1.807, 2.05) is 6.92 Å². The van der Waals surface area contributed by atoms with Crippen LogP contribution in [0.15, 0.2) is 0 Å². The zero-order chi connectivity index (χ0) is 11.5. The first-order valence-electron chi connectivity index (χ1n) is 6.02. The topological polar surface area (TPSA) is 46.5 Å². The van der Waals surface area contributed by atoms with Gasteiger partial charge in [0.05, 0.1) is 5.92 Å². The fourth-order valence-electron chi connectivity index (χ4n) is 1.58. The van der Waals surface area contributed by atoms with E-state index in [1.165, 1.54) is 0 Å². The minimum atomic E-state index is -0.639. The highest BCUT2D eigenvalue weighted by atomic mass is 16.5. The Morgan fingerprint density at radius 3 is 2.40 bits per heavy atom. The van der Waals surface area contributed by atoms with Crippen LogP contribution in [-0.2, 0) is 9.53 Å². The van der Waals surface area contributed by atoms with Gasteiger partial charge in [0.1, 0.15) is 0 Å². The van der Waals surface area contributed by atoms with E-state index in [9.17, 15) is 4.79 Å². The number of aliphatic carboxylic acids is 1. The number of carboxylic acid groups (broad SMARTS) is 1. The summed E-state index contributed by atoms with van der Waals surface area (Å²) in [4.78, 5) is 10.9. The molecule has 0 aliphatic heterocycles. The maximum atomic E-state index is 10.9. The molecule has 0 bridgehead atoms. The lowest BCUT2D eigenvalue weighted by Crippen LogP contribution is -2.13. The number of carbonyl (C=O) groups is 1. The zero-order valence-electron chi connectivity index (χ0n) is 10.00. The molecule has 0 rings (SSSR count). The van der Waals surface area contributed by atoms with Gasteiger partial charge in [-0.25, -0.2) is 0 Å². The van der Waals surface area contributed by atoms with Crippen molar-refractivity contribution < 1.29 is 14.6 Å². The van der Waals surface area contributed by atoms with Crippen molar-refractivity contribution in [3.05, 3.63) is 0 Å². The summed E-state index contributed by atoms with van der Waals surface area (Å²) in [6.45, 7) is 5.57. The van der Waals surface area contributed by atoms with Gasteiger partial charge in [-0.05, 0) is 26.2 Å². The molecule has 90 valence electrons. The van der Waals surface area contributed by atoms with Crippen molar-refractivity contribution in [3.63, 3.8) is 0 Å². The van der Waals surface area contributed by atoms with Crippen LogP contribution in [0.4, 0.5) is 0 Å². The summed E-state index contributed by atoms with van der Waals surface area (Å²) in [5.41, 5.74) is 0. The maximum Gasteiger partial charge on any atom is 0.306 e.